The Morgan fingerprint density at radius 2 is 2.20 bits per heavy atom. The second-order valence-corrected chi connectivity index (χ2v) is 4.80. The molecule has 8 nitrogen and oxygen atoms in total. The molecule has 1 aliphatic rings. The molecule has 1 aromatic heterocycles. The van der Waals surface area contributed by atoms with E-state index in [1.165, 1.54) is 11.0 Å². The number of hydrogen-bond donors (Lipinski definition) is 1. The molecule has 20 heavy (non-hydrogen) atoms. The maximum Gasteiger partial charge on any atom is 0.407 e. The van der Waals surface area contributed by atoms with E-state index in [4.69, 9.17) is 5.11 Å². The van der Waals surface area contributed by atoms with Gasteiger partial charge in [0.15, 0.2) is 0 Å². The van der Waals surface area contributed by atoms with Crippen LogP contribution in [0.15, 0.2) is 12.1 Å². The lowest BCUT2D eigenvalue weighted by Crippen LogP contribution is -2.53. The minimum Gasteiger partial charge on any atom is -0.465 e. The normalized spacial score (nSPS) is 19.0. The van der Waals surface area contributed by atoms with Gasteiger partial charge in [-0.1, -0.05) is 0 Å². The van der Waals surface area contributed by atoms with E-state index in [0.29, 0.717) is 31.1 Å². The maximum absolute atomic E-state index is 11.0. The molecule has 0 radical (unpaired) electrons. The Bertz CT molecular complexity index is 548. The molecule has 8 heteroatoms. The summed E-state index contributed by atoms with van der Waals surface area (Å²) >= 11 is 0. The molecule has 0 aliphatic carbocycles. The summed E-state index contributed by atoms with van der Waals surface area (Å²) in [5, 5.41) is 19.8. The molecule has 1 aromatic rings. The summed E-state index contributed by atoms with van der Waals surface area (Å²) in [5.41, 5.74) is 0.354. The summed E-state index contributed by atoms with van der Waals surface area (Å²) in [4.78, 5) is 28.9. The number of nitro groups is 1. The molecule has 1 aliphatic heterocycles. The minimum absolute atomic E-state index is 0.00836. The first-order chi connectivity index (χ1) is 9.40. The summed E-state index contributed by atoms with van der Waals surface area (Å²) in [7, 11) is 0. The highest BCUT2D eigenvalue weighted by Crippen LogP contribution is 2.22. The van der Waals surface area contributed by atoms with Gasteiger partial charge in [0.05, 0.1) is 4.92 Å². The SMILES string of the molecule is Cc1nc(N2CCN(C(=O)O)[C@H](C)C2)ccc1[N+](=O)[O-]. The molecule has 2 rings (SSSR count). The lowest BCUT2D eigenvalue weighted by atomic mass is 10.2. The fourth-order valence-electron chi connectivity index (χ4n) is 2.36. The second-order valence-electron chi connectivity index (χ2n) is 4.80. The van der Waals surface area contributed by atoms with Gasteiger partial charge in [-0.2, -0.15) is 0 Å². The van der Waals surface area contributed by atoms with Crippen LogP contribution in [0.4, 0.5) is 16.3 Å². The molecule has 1 saturated heterocycles. The Morgan fingerprint density at radius 1 is 1.50 bits per heavy atom. The van der Waals surface area contributed by atoms with Gasteiger partial charge in [-0.3, -0.25) is 10.1 Å². The number of anilines is 1. The van der Waals surface area contributed by atoms with Gasteiger partial charge in [0.1, 0.15) is 11.5 Å². The van der Waals surface area contributed by atoms with Crippen LogP contribution >= 0.6 is 0 Å². The topological polar surface area (TPSA) is 99.8 Å². The smallest absolute Gasteiger partial charge is 0.407 e. The van der Waals surface area contributed by atoms with E-state index in [2.05, 4.69) is 4.98 Å². The molecule has 1 N–H and O–H groups in total. The molecule has 1 amide bonds. The first-order valence-corrected chi connectivity index (χ1v) is 6.26. The number of nitrogens with zero attached hydrogens (tertiary/aromatic N) is 4. The first kappa shape index (κ1) is 14.0. The van der Waals surface area contributed by atoms with Crippen molar-refractivity contribution in [3.63, 3.8) is 0 Å². The number of carbonyl (C=O) groups is 1. The van der Waals surface area contributed by atoms with E-state index in [9.17, 15) is 14.9 Å². The van der Waals surface area contributed by atoms with Crippen LogP contribution in [0.5, 0.6) is 0 Å². The Hall–Kier alpha value is -2.38. The van der Waals surface area contributed by atoms with E-state index in [1.54, 1.807) is 13.0 Å². The average molecular weight is 280 g/mol. The van der Waals surface area contributed by atoms with E-state index in [-0.39, 0.29) is 11.7 Å². The zero-order chi connectivity index (χ0) is 14.9. The Kier molecular flexibility index (Phi) is 3.73. The number of pyridine rings is 1. The predicted molar refractivity (Wildman–Crippen MR) is 72.0 cm³/mol. The summed E-state index contributed by atoms with van der Waals surface area (Å²) < 4.78 is 0. The predicted octanol–water partition coefficient (Wildman–Crippen LogP) is 1.49. The molecular weight excluding hydrogens is 264 g/mol. The zero-order valence-corrected chi connectivity index (χ0v) is 11.3. The summed E-state index contributed by atoms with van der Waals surface area (Å²) in [6.07, 6.45) is -0.926. The van der Waals surface area contributed by atoms with Crippen LogP contribution < -0.4 is 4.90 Å². The molecular formula is C12H16N4O4. The lowest BCUT2D eigenvalue weighted by Gasteiger charge is -2.38. The molecule has 1 fully saturated rings. The first-order valence-electron chi connectivity index (χ1n) is 6.26. The van der Waals surface area contributed by atoms with Crippen molar-refractivity contribution in [3.05, 3.63) is 27.9 Å². The highest BCUT2D eigenvalue weighted by molar-refractivity contribution is 5.66. The van der Waals surface area contributed by atoms with Crippen molar-refractivity contribution in [2.45, 2.75) is 19.9 Å². The van der Waals surface area contributed by atoms with Crippen LogP contribution in [0.25, 0.3) is 0 Å². The zero-order valence-electron chi connectivity index (χ0n) is 11.3. The fraction of sp³-hybridized carbons (Fsp3) is 0.500. The number of piperazine rings is 1. The van der Waals surface area contributed by atoms with Crippen molar-refractivity contribution < 1.29 is 14.8 Å². The van der Waals surface area contributed by atoms with Crippen molar-refractivity contribution in [2.75, 3.05) is 24.5 Å². The Labute approximate surface area is 115 Å². The van der Waals surface area contributed by atoms with Gasteiger partial charge < -0.3 is 14.9 Å². The van der Waals surface area contributed by atoms with E-state index < -0.39 is 11.0 Å². The maximum atomic E-state index is 11.0. The molecule has 2 heterocycles. The summed E-state index contributed by atoms with van der Waals surface area (Å²) in [6.45, 7) is 4.88. The van der Waals surface area contributed by atoms with Crippen molar-refractivity contribution in [1.29, 1.82) is 0 Å². The molecule has 108 valence electrons. The summed E-state index contributed by atoms with van der Waals surface area (Å²) in [5.74, 6) is 0.644. The van der Waals surface area contributed by atoms with E-state index in [1.807, 2.05) is 11.8 Å². The van der Waals surface area contributed by atoms with Crippen LogP contribution in [0.1, 0.15) is 12.6 Å². The third-order valence-corrected chi connectivity index (χ3v) is 3.44. The van der Waals surface area contributed by atoms with Crippen molar-refractivity contribution >= 4 is 17.6 Å². The Morgan fingerprint density at radius 3 is 2.70 bits per heavy atom. The van der Waals surface area contributed by atoms with Gasteiger partial charge in [-0.05, 0) is 19.9 Å². The quantitative estimate of drug-likeness (QED) is 0.650. The van der Waals surface area contributed by atoms with Crippen LogP contribution in [0.2, 0.25) is 0 Å². The fourth-order valence-corrected chi connectivity index (χ4v) is 2.36. The summed E-state index contributed by atoms with van der Waals surface area (Å²) in [6, 6.07) is 2.90. The van der Waals surface area contributed by atoms with Crippen LogP contribution in [-0.2, 0) is 0 Å². The van der Waals surface area contributed by atoms with E-state index >= 15 is 0 Å². The Balaban J connectivity index is 2.16. The molecule has 0 saturated carbocycles. The number of rotatable bonds is 2. The number of aryl methyl sites for hydroxylation is 1. The molecule has 0 aromatic carbocycles. The van der Waals surface area contributed by atoms with Crippen molar-refractivity contribution in [3.8, 4) is 0 Å². The lowest BCUT2D eigenvalue weighted by molar-refractivity contribution is -0.385. The third-order valence-electron chi connectivity index (χ3n) is 3.44. The van der Waals surface area contributed by atoms with Gasteiger partial charge in [-0.15, -0.1) is 0 Å². The van der Waals surface area contributed by atoms with Crippen molar-refractivity contribution in [1.82, 2.24) is 9.88 Å². The number of hydrogen-bond acceptors (Lipinski definition) is 5. The second kappa shape index (κ2) is 5.32. The average Bonchev–Trinajstić information content (AvgIpc) is 2.37. The van der Waals surface area contributed by atoms with Crippen LogP contribution in [0, 0.1) is 17.0 Å². The van der Waals surface area contributed by atoms with Crippen LogP contribution in [0.3, 0.4) is 0 Å². The number of amides is 1. The molecule has 0 unspecified atom stereocenters. The van der Waals surface area contributed by atoms with Gasteiger partial charge in [0.25, 0.3) is 5.69 Å². The highest BCUT2D eigenvalue weighted by Gasteiger charge is 2.28. The largest absolute Gasteiger partial charge is 0.465 e. The minimum atomic E-state index is -0.926. The molecule has 1 atom stereocenters. The molecule has 0 spiro atoms. The highest BCUT2D eigenvalue weighted by atomic mass is 16.6. The molecule has 0 bridgehead atoms. The van der Waals surface area contributed by atoms with Crippen LogP contribution in [-0.4, -0.2) is 51.7 Å². The third kappa shape index (κ3) is 2.63. The number of carboxylic acid groups (broad SMARTS) is 1. The van der Waals surface area contributed by atoms with Gasteiger partial charge in [0, 0.05) is 31.7 Å². The van der Waals surface area contributed by atoms with E-state index in [0.717, 1.165) is 0 Å². The number of aromatic nitrogens is 1. The standard InChI is InChI=1S/C12H16N4O4/c1-8-7-14(5-6-15(8)12(17)18)11-4-3-10(16(19)20)9(2)13-11/h3-4,8H,5-7H2,1-2H3,(H,17,18)/t8-/m1/s1. The van der Waals surface area contributed by atoms with Gasteiger partial charge in [0.2, 0.25) is 0 Å². The monoisotopic (exact) mass is 280 g/mol. The van der Waals surface area contributed by atoms with Crippen molar-refractivity contribution in [2.24, 2.45) is 0 Å². The van der Waals surface area contributed by atoms with Gasteiger partial charge in [-0.25, -0.2) is 9.78 Å². The van der Waals surface area contributed by atoms with Gasteiger partial charge >= 0.3 is 6.09 Å².